The zero-order valence-corrected chi connectivity index (χ0v) is 16.3. The summed E-state index contributed by atoms with van der Waals surface area (Å²) in [6.07, 6.45) is 1.45. The van der Waals surface area contributed by atoms with E-state index in [-0.39, 0.29) is 11.8 Å². The van der Waals surface area contributed by atoms with Gasteiger partial charge in [0.1, 0.15) is 23.7 Å². The quantitative estimate of drug-likeness (QED) is 0.391. The molecule has 6 nitrogen and oxygen atoms in total. The third kappa shape index (κ3) is 3.78. The molecule has 0 aliphatic carbocycles. The number of nitrogens with zero attached hydrogens (tertiary/aromatic N) is 2. The molecule has 6 heteroatoms. The number of anilines is 2. The summed E-state index contributed by atoms with van der Waals surface area (Å²) in [4.78, 5) is 12.1. The Morgan fingerprint density at radius 1 is 1.00 bits per heavy atom. The van der Waals surface area contributed by atoms with Gasteiger partial charge in [-0.1, -0.05) is 42.5 Å². The number of phenols is 1. The average molecular weight is 385 g/mol. The Hall–Kier alpha value is -3.80. The fraction of sp³-hybridized carbons (Fsp3) is 0.130. The van der Waals surface area contributed by atoms with E-state index in [1.54, 1.807) is 24.3 Å². The molecule has 1 atom stereocenters. The first-order valence-electron chi connectivity index (χ1n) is 9.44. The lowest BCUT2D eigenvalue weighted by atomic mass is 10.0. The average Bonchev–Trinajstić information content (AvgIpc) is 3.12. The van der Waals surface area contributed by atoms with Gasteiger partial charge in [0, 0.05) is 17.0 Å². The van der Waals surface area contributed by atoms with Crippen LogP contribution in [0.5, 0.6) is 5.75 Å². The van der Waals surface area contributed by atoms with Crippen molar-refractivity contribution in [3.8, 4) is 28.0 Å². The Morgan fingerprint density at radius 2 is 1.72 bits per heavy atom. The second-order valence-corrected chi connectivity index (χ2v) is 7.04. The zero-order chi connectivity index (χ0) is 20.4. The molecule has 0 radical (unpaired) electrons. The van der Waals surface area contributed by atoms with Crippen molar-refractivity contribution < 1.29 is 5.11 Å². The highest BCUT2D eigenvalue weighted by atomic mass is 16.3. The summed E-state index contributed by atoms with van der Waals surface area (Å²) in [6, 6.07) is 19.2. The van der Waals surface area contributed by atoms with E-state index in [1.165, 1.54) is 6.33 Å². The molecule has 4 rings (SSSR count). The second-order valence-electron chi connectivity index (χ2n) is 7.04. The van der Waals surface area contributed by atoms with Crippen molar-refractivity contribution in [3.05, 3.63) is 78.4 Å². The van der Waals surface area contributed by atoms with Gasteiger partial charge in [-0.15, -0.1) is 0 Å². The van der Waals surface area contributed by atoms with Gasteiger partial charge in [-0.05, 0) is 43.2 Å². The summed E-state index contributed by atoms with van der Waals surface area (Å²) in [5.41, 5.74) is 12.2. The van der Waals surface area contributed by atoms with Crippen LogP contribution in [0, 0.1) is 6.92 Å². The summed E-state index contributed by atoms with van der Waals surface area (Å²) >= 11 is 0. The van der Waals surface area contributed by atoms with Gasteiger partial charge in [0.25, 0.3) is 0 Å². The maximum Gasteiger partial charge on any atom is 0.139 e. The molecule has 1 unspecified atom stereocenters. The van der Waals surface area contributed by atoms with E-state index < -0.39 is 0 Å². The molecule has 0 saturated carbocycles. The second kappa shape index (κ2) is 7.67. The number of nitrogens with two attached hydrogens (primary N) is 1. The molecule has 0 saturated heterocycles. The number of nitrogens with one attached hydrogen (secondary N) is 2. The van der Waals surface area contributed by atoms with Crippen molar-refractivity contribution in [1.29, 1.82) is 0 Å². The predicted octanol–water partition coefficient (Wildman–Crippen LogP) is 4.91. The van der Waals surface area contributed by atoms with E-state index in [4.69, 9.17) is 5.73 Å². The Kier molecular flexibility index (Phi) is 4.91. The van der Waals surface area contributed by atoms with Gasteiger partial charge in [0.2, 0.25) is 0 Å². The first-order valence-corrected chi connectivity index (χ1v) is 9.44. The van der Waals surface area contributed by atoms with Crippen LogP contribution in [0.3, 0.4) is 0 Å². The maximum atomic E-state index is 9.60. The number of benzene rings is 2. The number of nitrogen functional groups attached to an aromatic ring is 1. The Bertz CT molecular complexity index is 1120. The molecule has 0 spiro atoms. The molecule has 2 aromatic heterocycles. The molecule has 146 valence electrons. The molecule has 0 amide bonds. The molecule has 0 bridgehead atoms. The third-order valence-electron chi connectivity index (χ3n) is 4.89. The third-order valence-corrected chi connectivity index (χ3v) is 4.89. The van der Waals surface area contributed by atoms with E-state index >= 15 is 0 Å². The van der Waals surface area contributed by atoms with Gasteiger partial charge >= 0.3 is 0 Å². The number of hydrogen-bond acceptors (Lipinski definition) is 5. The normalized spacial score (nSPS) is 11.9. The fourth-order valence-corrected chi connectivity index (χ4v) is 3.51. The lowest BCUT2D eigenvalue weighted by Gasteiger charge is -2.19. The fourth-order valence-electron chi connectivity index (χ4n) is 3.51. The Labute approximate surface area is 169 Å². The van der Waals surface area contributed by atoms with Crippen LogP contribution in [0.25, 0.3) is 22.3 Å². The number of rotatable bonds is 5. The van der Waals surface area contributed by atoms with Crippen molar-refractivity contribution in [2.45, 2.75) is 19.9 Å². The minimum Gasteiger partial charge on any atom is -0.508 e. The minimum atomic E-state index is -0.0518. The topological polar surface area (TPSA) is 99.8 Å². The molecule has 29 heavy (non-hydrogen) atoms. The lowest BCUT2D eigenvalue weighted by molar-refractivity contribution is 0.475. The van der Waals surface area contributed by atoms with Gasteiger partial charge in [-0.3, -0.25) is 0 Å². The molecule has 4 aromatic rings. The highest BCUT2D eigenvalue weighted by Gasteiger charge is 2.18. The molecular weight excluding hydrogens is 362 g/mol. The summed E-state index contributed by atoms with van der Waals surface area (Å²) in [5.74, 6) is 1.22. The monoisotopic (exact) mass is 385 g/mol. The van der Waals surface area contributed by atoms with Crippen LogP contribution in [-0.2, 0) is 0 Å². The van der Waals surface area contributed by atoms with E-state index in [0.29, 0.717) is 17.2 Å². The summed E-state index contributed by atoms with van der Waals surface area (Å²) in [5, 5.41) is 13.1. The Balaban J connectivity index is 1.71. The smallest absolute Gasteiger partial charge is 0.139 e. The van der Waals surface area contributed by atoms with E-state index in [1.807, 2.05) is 25.1 Å². The zero-order valence-electron chi connectivity index (χ0n) is 16.3. The molecule has 2 aromatic carbocycles. The van der Waals surface area contributed by atoms with E-state index in [0.717, 1.165) is 28.1 Å². The van der Waals surface area contributed by atoms with Crippen LogP contribution < -0.4 is 11.1 Å². The van der Waals surface area contributed by atoms with E-state index in [9.17, 15) is 5.11 Å². The number of aromatic nitrogens is 3. The van der Waals surface area contributed by atoms with Crippen LogP contribution in [0.15, 0.2) is 67.0 Å². The molecule has 0 aliphatic heterocycles. The van der Waals surface area contributed by atoms with Crippen LogP contribution >= 0.6 is 0 Å². The standard InChI is InChI=1S/C23H23N5O/c1-14-12-19(16-6-4-3-5-7-16)21(27-14)15(2)28-23-20(22(24)25-13-26-23)17-8-10-18(29)11-9-17/h3-13,15,27,29H,1-2H3,(H3,24,25,26,28). The van der Waals surface area contributed by atoms with Crippen LogP contribution in [0.1, 0.15) is 24.4 Å². The summed E-state index contributed by atoms with van der Waals surface area (Å²) < 4.78 is 0. The molecule has 0 aliphatic rings. The SMILES string of the molecule is Cc1cc(-c2ccccc2)c(C(C)Nc2ncnc(N)c2-c2ccc(O)cc2)[nH]1. The number of aromatic hydroxyl groups is 1. The van der Waals surface area contributed by atoms with Crippen molar-refractivity contribution in [3.63, 3.8) is 0 Å². The highest BCUT2D eigenvalue weighted by Crippen LogP contribution is 2.35. The van der Waals surface area contributed by atoms with Crippen molar-refractivity contribution in [2.24, 2.45) is 0 Å². The first kappa shape index (κ1) is 18.6. The van der Waals surface area contributed by atoms with Crippen LogP contribution in [0.2, 0.25) is 0 Å². The van der Waals surface area contributed by atoms with Crippen molar-refractivity contribution >= 4 is 11.6 Å². The van der Waals surface area contributed by atoms with Crippen molar-refractivity contribution in [2.75, 3.05) is 11.1 Å². The molecule has 0 fully saturated rings. The van der Waals surface area contributed by atoms with Gasteiger partial charge in [-0.25, -0.2) is 9.97 Å². The summed E-state index contributed by atoms with van der Waals surface area (Å²) in [7, 11) is 0. The largest absolute Gasteiger partial charge is 0.508 e. The highest BCUT2D eigenvalue weighted by molar-refractivity contribution is 5.84. The Morgan fingerprint density at radius 3 is 2.45 bits per heavy atom. The predicted molar refractivity (Wildman–Crippen MR) is 117 cm³/mol. The van der Waals surface area contributed by atoms with Crippen molar-refractivity contribution in [1.82, 2.24) is 15.0 Å². The molecule has 2 heterocycles. The number of aryl methyl sites for hydroxylation is 1. The number of hydrogen-bond donors (Lipinski definition) is 4. The summed E-state index contributed by atoms with van der Waals surface area (Å²) in [6.45, 7) is 4.13. The number of H-pyrrole nitrogens is 1. The number of phenolic OH excluding ortho intramolecular Hbond substituents is 1. The van der Waals surface area contributed by atoms with Gasteiger partial charge in [0.15, 0.2) is 0 Å². The molecular formula is C23H23N5O. The maximum absolute atomic E-state index is 9.60. The molecule has 5 N–H and O–H groups in total. The van der Waals surface area contributed by atoms with Crippen LogP contribution in [-0.4, -0.2) is 20.1 Å². The van der Waals surface area contributed by atoms with Gasteiger partial charge in [-0.2, -0.15) is 0 Å². The number of aromatic amines is 1. The first-order chi connectivity index (χ1) is 14.0. The van der Waals surface area contributed by atoms with Crippen LogP contribution in [0.4, 0.5) is 11.6 Å². The van der Waals surface area contributed by atoms with Gasteiger partial charge in [0.05, 0.1) is 11.6 Å². The minimum absolute atomic E-state index is 0.0518. The van der Waals surface area contributed by atoms with Gasteiger partial charge < -0.3 is 21.1 Å². The van der Waals surface area contributed by atoms with E-state index in [2.05, 4.69) is 45.4 Å². The lowest BCUT2D eigenvalue weighted by Crippen LogP contribution is -2.12.